The number of para-hydroxylation sites is 1. The van der Waals surface area contributed by atoms with Crippen LogP contribution >= 0.6 is 0 Å². The van der Waals surface area contributed by atoms with Gasteiger partial charge >= 0.3 is 0 Å². The molecule has 1 aliphatic rings. The van der Waals surface area contributed by atoms with E-state index in [0.717, 1.165) is 11.3 Å². The van der Waals surface area contributed by atoms with Crippen LogP contribution in [-0.2, 0) is 0 Å². The average molecular weight is 189 g/mol. The van der Waals surface area contributed by atoms with E-state index in [1.54, 1.807) is 0 Å². The molecule has 1 heterocycles. The fourth-order valence-corrected chi connectivity index (χ4v) is 1.83. The Morgan fingerprint density at radius 3 is 3.00 bits per heavy atom. The molecule has 2 N–H and O–H groups in total. The molecule has 0 spiro atoms. The maximum absolute atomic E-state index is 6.06. The van der Waals surface area contributed by atoms with Crippen LogP contribution < -0.4 is 10.5 Å². The van der Waals surface area contributed by atoms with Gasteiger partial charge in [0.15, 0.2) is 0 Å². The first-order valence-corrected chi connectivity index (χ1v) is 4.83. The van der Waals surface area contributed by atoms with Gasteiger partial charge in [0.2, 0.25) is 0 Å². The highest BCUT2D eigenvalue weighted by molar-refractivity contribution is 5.41. The van der Waals surface area contributed by atoms with Gasteiger partial charge in [0, 0.05) is 17.5 Å². The molecule has 0 aliphatic carbocycles. The summed E-state index contributed by atoms with van der Waals surface area (Å²) in [6.45, 7) is 6.53. The topological polar surface area (TPSA) is 35.2 Å². The summed E-state index contributed by atoms with van der Waals surface area (Å²) in [5.41, 5.74) is 8.28. The third-order valence-electron chi connectivity index (χ3n) is 2.74. The molecular weight excluding hydrogens is 174 g/mol. The molecule has 0 saturated heterocycles. The number of nitrogens with two attached hydrogens (primary N) is 1. The lowest BCUT2D eigenvalue weighted by Crippen LogP contribution is -2.30. The van der Waals surface area contributed by atoms with E-state index in [2.05, 4.69) is 12.6 Å². The van der Waals surface area contributed by atoms with Crippen LogP contribution in [-0.4, -0.2) is 12.6 Å². The van der Waals surface area contributed by atoms with Crippen molar-refractivity contribution in [1.29, 1.82) is 0 Å². The van der Waals surface area contributed by atoms with Crippen molar-refractivity contribution in [3.8, 4) is 5.75 Å². The highest BCUT2D eigenvalue weighted by atomic mass is 16.5. The minimum atomic E-state index is -0.00125. The molecule has 0 amide bonds. The summed E-state index contributed by atoms with van der Waals surface area (Å²) in [6.07, 6.45) is 0. The van der Waals surface area contributed by atoms with Crippen molar-refractivity contribution >= 4 is 0 Å². The molecule has 1 aromatic carbocycles. The Morgan fingerprint density at radius 1 is 1.57 bits per heavy atom. The van der Waals surface area contributed by atoms with Gasteiger partial charge in [0.25, 0.3) is 0 Å². The first-order valence-electron chi connectivity index (χ1n) is 4.83. The minimum absolute atomic E-state index is 0.00125. The molecule has 2 heteroatoms. The summed E-state index contributed by atoms with van der Waals surface area (Å²) in [5, 5.41) is 0. The van der Waals surface area contributed by atoms with Gasteiger partial charge in [0.05, 0.1) is 6.61 Å². The van der Waals surface area contributed by atoms with Crippen LogP contribution in [0.5, 0.6) is 5.75 Å². The van der Waals surface area contributed by atoms with Gasteiger partial charge in [-0.25, -0.2) is 0 Å². The second-order valence-corrected chi connectivity index (χ2v) is 3.83. The van der Waals surface area contributed by atoms with Gasteiger partial charge in [0.1, 0.15) is 5.75 Å². The van der Waals surface area contributed by atoms with Crippen LogP contribution in [0.1, 0.15) is 18.4 Å². The van der Waals surface area contributed by atoms with E-state index in [0.29, 0.717) is 6.61 Å². The second kappa shape index (κ2) is 3.46. The molecular formula is C12H15NO. The van der Waals surface area contributed by atoms with Crippen LogP contribution in [0.2, 0.25) is 0 Å². The Labute approximate surface area is 84.4 Å². The number of ether oxygens (including phenoxy) is 1. The summed E-state index contributed by atoms with van der Waals surface area (Å²) in [4.78, 5) is 0. The molecule has 2 atom stereocenters. The predicted octanol–water partition coefficient (Wildman–Crippen LogP) is 2.07. The molecule has 0 fully saturated rings. The second-order valence-electron chi connectivity index (χ2n) is 3.83. The molecule has 0 aromatic heterocycles. The minimum Gasteiger partial charge on any atom is -0.493 e. The molecule has 1 aromatic rings. The monoisotopic (exact) mass is 189 g/mol. The molecule has 1 aliphatic heterocycles. The van der Waals surface area contributed by atoms with Gasteiger partial charge in [-0.1, -0.05) is 30.4 Å². The van der Waals surface area contributed by atoms with E-state index in [1.807, 2.05) is 25.1 Å². The van der Waals surface area contributed by atoms with Gasteiger partial charge < -0.3 is 10.5 Å². The molecule has 0 bridgehead atoms. The Balaban J connectivity index is 2.30. The fourth-order valence-electron chi connectivity index (χ4n) is 1.83. The number of benzene rings is 1. The van der Waals surface area contributed by atoms with Crippen molar-refractivity contribution < 1.29 is 4.74 Å². The molecule has 14 heavy (non-hydrogen) atoms. The zero-order valence-electron chi connectivity index (χ0n) is 8.36. The highest BCUT2D eigenvalue weighted by Gasteiger charge is 2.29. The third kappa shape index (κ3) is 1.42. The van der Waals surface area contributed by atoms with E-state index in [1.165, 1.54) is 5.56 Å². The first kappa shape index (κ1) is 9.28. The van der Waals surface area contributed by atoms with E-state index in [4.69, 9.17) is 10.5 Å². The van der Waals surface area contributed by atoms with Crippen LogP contribution in [0.4, 0.5) is 0 Å². The molecule has 74 valence electrons. The molecule has 2 nitrogen and oxygen atoms in total. The lowest BCUT2D eigenvalue weighted by molar-refractivity contribution is 0.321. The number of hydrogen-bond acceptors (Lipinski definition) is 2. The smallest absolute Gasteiger partial charge is 0.122 e. The maximum atomic E-state index is 6.06. The van der Waals surface area contributed by atoms with Crippen molar-refractivity contribution in [1.82, 2.24) is 0 Å². The Bertz CT molecular complexity index is 359. The lowest BCUT2D eigenvalue weighted by atomic mass is 9.90. The maximum Gasteiger partial charge on any atom is 0.122 e. The largest absolute Gasteiger partial charge is 0.493 e. The van der Waals surface area contributed by atoms with Crippen molar-refractivity contribution in [2.45, 2.75) is 18.9 Å². The highest BCUT2D eigenvalue weighted by Crippen LogP contribution is 2.36. The van der Waals surface area contributed by atoms with Crippen LogP contribution in [0.25, 0.3) is 0 Å². The van der Waals surface area contributed by atoms with E-state index < -0.39 is 0 Å². The van der Waals surface area contributed by atoms with E-state index in [9.17, 15) is 0 Å². The SMILES string of the molecule is C=C(C)C(N)C1COc2ccccc21. The third-order valence-corrected chi connectivity index (χ3v) is 2.74. The molecule has 0 radical (unpaired) electrons. The Morgan fingerprint density at radius 2 is 2.29 bits per heavy atom. The summed E-state index contributed by atoms with van der Waals surface area (Å²) in [7, 11) is 0. The van der Waals surface area contributed by atoms with Crippen molar-refractivity contribution in [3.63, 3.8) is 0 Å². The van der Waals surface area contributed by atoms with Gasteiger partial charge in [-0.15, -0.1) is 0 Å². The zero-order valence-corrected chi connectivity index (χ0v) is 8.36. The van der Waals surface area contributed by atoms with Crippen molar-refractivity contribution in [2.75, 3.05) is 6.61 Å². The standard InChI is InChI=1S/C12H15NO/c1-8(2)12(13)10-7-14-11-6-4-3-5-9(10)11/h3-6,10,12H,1,7,13H2,2H3. The summed E-state index contributed by atoms with van der Waals surface area (Å²) in [6, 6.07) is 8.06. The Hall–Kier alpha value is -1.28. The van der Waals surface area contributed by atoms with E-state index >= 15 is 0 Å². The summed E-state index contributed by atoms with van der Waals surface area (Å²) >= 11 is 0. The van der Waals surface area contributed by atoms with Gasteiger partial charge in [-0.05, 0) is 13.0 Å². The van der Waals surface area contributed by atoms with Gasteiger partial charge in [-0.2, -0.15) is 0 Å². The average Bonchev–Trinajstić information content (AvgIpc) is 2.60. The summed E-state index contributed by atoms with van der Waals surface area (Å²) < 4.78 is 5.56. The van der Waals surface area contributed by atoms with Gasteiger partial charge in [-0.3, -0.25) is 0 Å². The lowest BCUT2D eigenvalue weighted by Gasteiger charge is -2.17. The molecule has 2 rings (SSSR count). The molecule has 2 unspecified atom stereocenters. The fraction of sp³-hybridized carbons (Fsp3) is 0.333. The van der Waals surface area contributed by atoms with Crippen LogP contribution in [0.15, 0.2) is 36.4 Å². The number of fused-ring (bicyclic) bond motifs is 1. The molecule has 0 saturated carbocycles. The zero-order chi connectivity index (χ0) is 10.1. The van der Waals surface area contributed by atoms with Crippen molar-refractivity contribution in [2.24, 2.45) is 5.73 Å². The van der Waals surface area contributed by atoms with Crippen LogP contribution in [0, 0.1) is 0 Å². The van der Waals surface area contributed by atoms with E-state index in [-0.39, 0.29) is 12.0 Å². The first-order chi connectivity index (χ1) is 6.70. The summed E-state index contributed by atoms with van der Waals surface area (Å²) in [5.74, 6) is 1.23. The van der Waals surface area contributed by atoms with Crippen molar-refractivity contribution in [3.05, 3.63) is 42.0 Å². The number of rotatable bonds is 2. The normalized spacial score (nSPS) is 21.1. The number of hydrogen-bond donors (Lipinski definition) is 1. The predicted molar refractivity (Wildman–Crippen MR) is 57.5 cm³/mol. The van der Waals surface area contributed by atoms with Crippen LogP contribution in [0.3, 0.4) is 0 Å². The quantitative estimate of drug-likeness (QED) is 0.723. The Kier molecular flexibility index (Phi) is 2.30.